The summed E-state index contributed by atoms with van der Waals surface area (Å²) in [6.45, 7) is 3.50. The van der Waals surface area contributed by atoms with E-state index in [1.807, 2.05) is 48.2 Å². The first kappa shape index (κ1) is 34.2. The van der Waals surface area contributed by atoms with Crippen molar-refractivity contribution in [3.05, 3.63) is 120 Å². The van der Waals surface area contributed by atoms with E-state index in [9.17, 15) is 15.0 Å². The molecule has 5 N–H and O–H groups in total. The Hall–Kier alpha value is -5.90. The molecule has 0 spiro atoms. The fourth-order valence-electron chi connectivity index (χ4n) is 6.96. The van der Waals surface area contributed by atoms with Gasteiger partial charge in [0.05, 0.1) is 23.9 Å². The molecule has 2 amide bonds. The van der Waals surface area contributed by atoms with Gasteiger partial charge in [0.2, 0.25) is 5.95 Å². The molecule has 53 heavy (non-hydrogen) atoms. The SMILES string of the molecule is CCc1cc([C@@H]2O[C@@H](n3cnc4c(NCC(c5ccccc5)c5ccccc5)nc(N5CCC(NC(=O)Nc6cccnc6)C5)nc43)[C@H](O)C2O)on1. The van der Waals surface area contributed by atoms with Gasteiger partial charge >= 0.3 is 6.03 Å². The number of aryl methyl sites for hydroxylation is 1. The molecule has 6 heterocycles. The molecule has 8 rings (SSSR count). The van der Waals surface area contributed by atoms with Crippen molar-refractivity contribution in [3.63, 3.8) is 0 Å². The molecule has 0 saturated carbocycles. The molecule has 2 fully saturated rings. The summed E-state index contributed by atoms with van der Waals surface area (Å²) >= 11 is 0. The summed E-state index contributed by atoms with van der Waals surface area (Å²) in [7, 11) is 0. The summed E-state index contributed by atoms with van der Waals surface area (Å²) in [5.41, 5.74) is 4.47. The van der Waals surface area contributed by atoms with E-state index < -0.39 is 24.5 Å². The topological polar surface area (TPSA) is 189 Å². The number of ether oxygens (including phenoxy) is 1. The smallest absolute Gasteiger partial charge is 0.319 e. The van der Waals surface area contributed by atoms with Gasteiger partial charge < -0.3 is 40.3 Å². The predicted octanol–water partition coefficient (Wildman–Crippen LogP) is 4.41. The second-order valence-corrected chi connectivity index (χ2v) is 13.2. The highest BCUT2D eigenvalue weighted by Gasteiger charge is 2.47. The van der Waals surface area contributed by atoms with E-state index in [-0.39, 0.29) is 18.0 Å². The van der Waals surface area contributed by atoms with E-state index in [1.165, 1.54) is 6.33 Å². The summed E-state index contributed by atoms with van der Waals surface area (Å²) in [5.74, 6) is 1.24. The lowest BCUT2D eigenvalue weighted by Crippen LogP contribution is -2.40. The number of pyridine rings is 1. The third-order valence-corrected chi connectivity index (χ3v) is 9.75. The van der Waals surface area contributed by atoms with Crippen molar-refractivity contribution < 1.29 is 24.3 Å². The fourth-order valence-corrected chi connectivity index (χ4v) is 6.96. The van der Waals surface area contributed by atoms with Gasteiger partial charge in [-0.15, -0.1) is 0 Å². The Morgan fingerprint density at radius 2 is 1.77 bits per heavy atom. The molecule has 272 valence electrons. The summed E-state index contributed by atoms with van der Waals surface area (Å²) in [6, 6.07) is 25.3. The number of aromatic nitrogens is 6. The number of benzene rings is 2. The third-order valence-electron chi connectivity index (χ3n) is 9.75. The lowest BCUT2D eigenvalue weighted by atomic mass is 9.91. The van der Waals surface area contributed by atoms with Crippen LogP contribution in [-0.4, -0.2) is 83.8 Å². The number of amides is 2. The molecule has 0 radical (unpaired) electrons. The van der Waals surface area contributed by atoms with Crippen LogP contribution in [0.3, 0.4) is 0 Å². The zero-order chi connectivity index (χ0) is 36.3. The van der Waals surface area contributed by atoms with E-state index in [0.717, 1.165) is 11.1 Å². The molecular formula is C38H40N10O5. The number of carbonyl (C=O) groups excluding carboxylic acids is 1. The lowest BCUT2D eigenvalue weighted by molar-refractivity contribution is -0.0434. The molecule has 4 aromatic heterocycles. The molecule has 0 bridgehead atoms. The number of aliphatic hydroxyl groups excluding tert-OH is 2. The zero-order valence-electron chi connectivity index (χ0n) is 29.0. The Morgan fingerprint density at radius 3 is 2.47 bits per heavy atom. The molecule has 15 nitrogen and oxygen atoms in total. The standard InChI is InChI=1S/C38H40N10O5/c1-2-25-18-29(53-46-25)33-31(49)32(50)36(52-33)48-22-41-30-34(40-20-28(23-10-5-3-6-11-23)24-12-7-4-8-13-24)44-37(45-35(30)48)47-17-15-27(21-47)43-38(51)42-26-14-9-16-39-19-26/h3-14,16,18-19,22,27-28,31-33,36,49-50H,2,15,17,20-21H2,1H3,(H,40,44,45)(H2,42,43,51)/t27?,31?,32-,33+,36-/m1/s1. The molecule has 2 aromatic carbocycles. The number of hydrogen-bond acceptors (Lipinski definition) is 12. The van der Waals surface area contributed by atoms with Crippen LogP contribution in [0.5, 0.6) is 0 Å². The minimum atomic E-state index is -1.32. The van der Waals surface area contributed by atoms with Gasteiger partial charge in [0.1, 0.15) is 18.3 Å². The van der Waals surface area contributed by atoms with E-state index in [2.05, 4.69) is 50.4 Å². The minimum Gasteiger partial charge on any atom is -0.387 e. The molecule has 5 atom stereocenters. The Kier molecular flexibility index (Phi) is 9.67. The first-order valence-electron chi connectivity index (χ1n) is 17.7. The predicted molar refractivity (Wildman–Crippen MR) is 196 cm³/mol. The summed E-state index contributed by atoms with van der Waals surface area (Å²) in [6.07, 6.45) is 1.51. The average molecular weight is 717 g/mol. The lowest BCUT2D eigenvalue weighted by Gasteiger charge is -2.22. The van der Waals surface area contributed by atoms with E-state index >= 15 is 0 Å². The number of urea groups is 1. The van der Waals surface area contributed by atoms with Gasteiger partial charge in [-0.1, -0.05) is 72.7 Å². The number of nitrogens with one attached hydrogen (secondary N) is 3. The minimum absolute atomic E-state index is 0.00236. The van der Waals surface area contributed by atoms with Crippen LogP contribution in [0.25, 0.3) is 11.2 Å². The van der Waals surface area contributed by atoms with Crippen molar-refractivity contribution in [2.45, 2.75) is 56.3 Å². The molecule has 2 unspecified atom stereocenters. The number of aliphatic hydroxyl groups is 2. The highest BCUT2D eigenvalue weighted by atomic mass is 16.6. The van der Waals surface area contributed by atoms with Crippen LogP contribution in [0.1, 0.15) is 54.2 Å². The Labute approximate surface area is 305 Å². The van der Waals surface area contributed by atoms with Gasteiger partial charge in [0.15, 0.2) is 29.0 Å². The summed E-state index contributed by atoms with van der Waals surface area (Å²) in [4.78, 5) is 33.5. The normalized spacial score (nSPS) is 21.4. The molecular weight excluding hydrogens is 676 g/mol. The van der Waals surface area contributed by atoms with Gasteiger partial charge in [0.25, 0.3) is 0 Å². The number of fused-ring (bicyclic) bond motifs is 1. The monoisotopic (exact) mass is 716 g/mol. The maximum atomic E-state index is 12.8. The molecule has 2 aliphatic rings. The first-order valence-corrected chi connectivity index (χ1v) is 17.7. The van der Waals surface area contributed by atoms with Gasteiger partial charge in [-0.3, -0.25) is 9.55 Å². The largest absolute Gasteiger partial charge is 0.387 e. The van der Waals surface area contributed by atoms with E-state index in [0.29, 0.717) is 72.5 Å². The second-order valence-electron chi connectivity index (χ2n) is 13.2. The number of rotatable bonds is 11. The highest BCUT2D eigenvalue weighted by Crippen LogP contribution is 2.41. The summed E-state index contributed by atoms with van der Waals surface area (Å²) < 4.78 is 13.3. The molecule has 2 aliphatic heterocycles. The van der Waals surface area contributed by atoms with Crippen molar-refractivity contribution in [1.82, 2.24) is 35.0 Å². The average Bonchev–Trinajstić information content (AvgIpc) is 4.00. The van der Waals surface area contributed by atoms with Crippen molar-refractivity contribution in [2.75, 3.05) is 35.2 Å². The third kappa shape index (κ3) is 7.13. The number of imidazole rings is 1. The number of hydrogen-bond donors (Lipinski definition) is 5. The number of anilines is 3. The van der Waals surface area contributed by atoms with Crippen LogP contribution in [0.2, 0.25) is 0 Å². The Morgan fingerprint density at radius 1 is 1.00 bits per heavy atom. The van der Waals surface area contributed by atoms with Crippen molar-refractivity contribution in [2.24, 2.45) is 0 Å². The maximum Gasteiger partial charge on any atom is 0.319 e. The van der Waals surface area contributed by atoms with Gasteiger partial charge in [-0.2, -0.15) is 9.97 Å². The van der Waals surface area contributed by atoms with Crippen molar-refractivity contribution in [3.8, 4) is 0 Å². The van der Waals surface area contributed by atoms with Crippen LogP contribution < -0.4 is 20.9 Å². The van der Waals surface area contributed by atoms with Crippen molar-refractivity contribution >= 4 is 34.6 Å². The van der Waals surface area contributed by atoms with Gasteiger partial charge in [-0.05, 0) is 36.1 Å². The van der Waals surface area contributed by atoms with E-state index in [4.69, 9.17) is 24.2 Å². The van der Waals surface area contributed by atoms with E-state index in [1.54, 1.807) is 35.2 Å². The van der Waals surface area contributed by atoms with Gasteiger partial charge in [0, 0.05) is 43.9 Å². The van der Waals surface area contributed by atoms with Crippen LogP contribution >= 0.6 is 0 Å². The quantitative estimate of drug-likeness (QED) is 0.127. The molecule has 2 saturated heterocycles. The van der Waals surface area contributed by atoms with Gasteiger partial charge in [-0.25, -0.2) is 9.78 Å². The molecule has 15 heteroatoms. The number of carbonyl (C=O) groups is 1. The van der Waals surface area contributed by atoms with Crippen LogP contribution in [-0.2, 0) is 11.2 Å². The fraction of sp³-hybridized carbons (Fsp3) is 0.316. The number of nitrogens with zero attached hydrogens (tertiary/aromatic N) is 7. The summed E-state index contributed by atoms with van der Waals surface area (Å²) in [5, 5.41) is 35.8. The highest BCUT2D eigenvalue weighted by molar-refractivity contribution is 5.89. The zero-order valence-corrected chi connectivity index (χ0v) is 29.0. The molecule has 0 aliphatic carbocycles. The molecule has 6 aromatic rings. The van der Waals surface area contributed by atoms with Crippen LogP contribution in [0.15, 0.2) is 102 Å². The van der Waals surface area contributed by atoms with Crippen molar-refractivity contribution in [1.29, 1.82) is 0 Å². The maximum absolute atomic E-state index is 12.8. The Balaban J connectivity index is 1.10. The first-order chi connectivity index (χ1) is 25.9. The second kappa shape index (κ2) is 15.0. The van der Waals surface area contributed by atoms with Crippen LogP contribution in [0, 0.1) is 0 Å². The Bertz CT molecular complexity index is 2110. The van der Waals surface area contributed by atoms with Crippen LogP contribution in [0.4, 0.5) is 22.2 Å².